The fraction of sp³-hybridized carbons (Fsp3) is 0.222. The van der Waals surface area contributed by atoms with Gasteiger partial charge in [0.25, 0.3) is 10.0 Å². The molecule has 0 aliphatic carbocycles. The normalized spacial score (nSPS) is 12.2. The summed E-state index contributed by atoms with van der Waals surface area (Å²) in [5.74, 6) is 0.731. The van der Waals surface area contributed by atoms with Gasteiger partial charge in [0.1, 0.15) is 17.3 Å². The van der Waals surface area contributed by atoms with Crippen molar-refractivity contribution in [2.45, 2.75) is 31.3 Å². The van der Waals surface area contributed by atoms with Crippen LogP contribution in [0.5, 0.6) is 11.5 Å². The zero-order chi connectivity index (χ0) is 27.4. The Labute approximate surface area is 230 Å². The molecule has 0 saturated heterocycles. The summed E-state index contributed by atoms with van der Waals surface area (Å²) in [6.45, 7) is 3.47. The Morgan fingerprint density at radius 1 is 1.13 bits per heavy atom. The van der Waals surface area contributed by atoms with Crippen molar-refractivity contribution in [1.29, 1.82) is 0 Å². The van der Waals surface area contributed by atoms with Crippen LogP contribution in [0.3, 0.4) is 0 Å². The van der Waals surface area contributed by atoms with E-state index in [1.54, 1.807) is 75.0 Å². The highest BCUT2D eigenvalue weighted by Gasteiger charge is 2.30. The average Bonchev–Trinajstić information content (AvgIpc) is 3.43. The molecular weight excluding hydrogens is 549 g/mol. The first-order chi connectivity index (χ1) is 18.1. The number of thiazole rings is 1. The van der Waals surface area contributed by atoms with Gasteiger partial charge in [-0.2, -0.15) is 0 Å². The number of anilines is 2. The maximum atomic E-state index is 14.3. The Bertz CT molecular complexity index is 1530. The van der Waals surface area contributed by atoms with Crippen LogP contribution in [0.1, 0.15) is 29.7 Å². The summed E-state index contributed by atoms with van der Waals surface area (Å²) >= 11 is 7.77. The van der Waals surface area contributed by atoms with Gasteiger partial charge in [-0.05, 0) is 49.7 Å². The van der Waals surface area contributed by atoms with Crippen molar-refractivity contribution in [3.05, 3.63) is 93.7 Å². The molecule has 0 unspecified atom stereocenters. The monoisotopic (exact) mass is 575 g/mol. The summed E-state index contributed by atoms with van der Waals surface area (Å²) in [4.78, 5) is 4.30. The van der Waals surface area contributed by atoms with Gasteiger partial charge >= 0.3 is 0 Å². The minimum absolute atomic E-state index is 0.0234. The molecule has 0 spiro atoms. The molecule has 200 valence electrons. The molecule has 0 bridgehead atoms. The Morgan fingerprint density at radius 2 is 1.89 bits per heavy atom. The summed E-state index contributed by atoms with van der Waals surface area (Å²) in [5.41, 5.74) is 2.08. The maximum absolute atomic E-state index is 14.3. The van der Waals surface area contributed by atoms with Crippen LogP contribution in [-0.4, -0.2) is 27.6 Å². The highest BCUT2D eigenvalue weighted by atomic mass is 35.5. The number of hydrogen-bond donors (Lipinski definition) is 1. The van der Waals surface area contributed by atoms with E-state index >= 15 is 0 Å². The molecule has 4 rings (SSSR count). The lowest BCUT2D eigenvalue weighted by Gasteiger charge is -2.25. The van der Waals surface area contributed by atoms with E-state index in [2.05, 4.69) is 10.3 Å². The predicted molar refractivity (Wildman–Crippen MR) is 150 cm³/mol. The SMILES string of the molecule is COc1ccc(CN(c2nccs2)S(=O)(=O)c2cc(Cl)c(N[C@@H](C)c3ccccc3F)cc2C)c(OC)c1. The second-order valence-corrected chi connectivity index (χ2v) is 11.6. The minimum atomic E-state index is -4.10. The number of ether oxygens (including phenoxy) is 2. The maximum Gasteiger partial charge on any atom is 0.266 e. The van der Waals surface area contributed by atoms with E-state index in [0.29, 0.717) is 39.0 Å². The molecule has 0 amide bonds. The van der Waals surface area contributed by atoms with Crippen molar-refractivity contribution < 1.29 is 22.3 Å². The number of sulfonamides is 1. The van der Waals surface area contributed by atoms with Crippen LogP contribution in [-0.2, 0) is 16.6 Å². The van der Waals surface area contributed by atoms with Crippen molar-refractivity contribution in [2.75, 3.05) is 23.8 Å². The molecule has 0 saturated carbocycles. The topological polar surface area (TPSA) is 80.8 Å². The summed E-state index contributed by atoms with van der Waals surface area (Å²) < 4.78 is 54.3. The fourth-order valence-corrected chi connectivity index (χ4v) is 6.82. The van der Waals surface area contributed by atoms with Crippen LogP contribution >= 0.6 is 22.9 Å². The Hall–Kier alpha value is -3.34. The van der Waals surface area contributed by atoms with E-state index in [-0.39, 0.29) is 22.3 Å². The number of halogens is 2. The van der Waals surface area contributed by atoms with Crippen LogP contribution in [0.15, 0.2) is 71.1 Å². The number of aryl methyl sites for hydroxylation is 1. The highest BCUT2D eigenvalue weighted by molar-refractivity contribution is 7.93. The number of methoxy groups -OCH3 is 2. The molecule has 7 nitrogen and oxygen atoms in total. The first-order valence-corrected chi connectivity index (χ1v) is 14.3. The van der Waals surface area contributed by atoms with Gasteiger partial charge in [0.2, 0.25) is 0 Å². The van der Waals surface area contributed by atoms with Crippen molar-refractivity contribution in [3.8, 4) is 11.5 Å². The Balaban J connectivity index is 1.70. The molecule has 0 aliphatic rings. The molecule has 0 radical (unpaired) electrons. The largest absolute Gasteiger partial charge is 0.497 e. The molecule has 1 aromatic heterocycles. The zero-order valence-electron chi connectivity index (χ0n) is 21.2. The molecule has 1 N–H and O–H groups in total. The predicted octanol–water partition coefficient (Wildman–Crippen LogP) is 6.83. The summed E-state index contributed by atoms with van der Waals surface area (Å²) in [6.07, 6.45) is 1.55. The van der Waals surface area contributed by atoms with E-state index in [0.717, 1.165) is 0 Å². The fourth-order valence-electron chi connectivity index (χ4n) is 4.04. The standard InChI is InChI=1S/C27H27ClFN3O4S2/c1-17-13-24(31-18(2)21-7-5-6-8-23(21)29)22(28)15-26(17)38(33,34)32(27-30-11-12-37-27)16-19-9-10-20(35-3)14-25(19)36-4/h5-15,18,31H,16H2,1-4H3/t18-/m0/s1. The van der Waals surface area contributed by atoms with Gasteiger partial charge in [0, 0.05) is 28.8 Å². The zero-order valence-corrected chi connectivity index (χ0v) is 23.6. The van der Waals surface area contributed by atoms with Gasteiger partial charge in [-0.25, -0.2) is 22.1 Å². The molecule has 3 aromatic carbocycles. The molecule has 38 heavy (non-hydrogen) atoms. The number of rotatable bonds is 10. The Kier molecular flexibility index (Phi) is 8.44. The highest BCUT2D eigenvalue weighted by Crippen LogP contribution is 2.36. The number of aromatic nitrogens is 1. The smallest absolute Gasteiger partial charge is 0.266 e. The second-order valence-electron chi connectivity index (χ2n) is 8.49. The molecule has 4 aromatic rings. The lowest BCUT2D eigenvalue weighted by Crippen LogP contribution is -2.31. The third-order valence-corrected chi connectivity index (χ3v) is 9.12. The number of benzene rings is 3. The van der Waals surface area contributed by atoms with Crippen LogP contribution in [0.25, 0.3) is 0 Å². The second kappa shape index (κ2) is 11.6. The molecule has 1 atom stereocenters. The van der Waals surface area contributed by atoms with Gasteiger partial charge in [-0.15, -0.1) is 11.3 Å². The van der Waals surface area contributed by atoms with Crippen LogP contribution in [0.4, 0.5) is 15.2 Å². The van der Waals surface area contributed by atoms with Crippen LogP contribution in [0.2, 0.25) is 5.02 Å². The minimum Gasteiger partial charge on any atom is -0.497 e. The third-order valence-electron chi connectivity index (χ3n) is 6.02. The lowest BCUT2D eigenvalue weighted by molar-refractivity contribution is 0.391. The van der Waals surface area contributed by atoms with E-state index < -0.39 is 16.1 Å². The van der Waals surface area contributed by atoms with E-state index in [4.69, 9.17) is 21.1 Å². The molecular formula is C27H27ClFN3O4S2. The van der Waals surface area contributed by atoms with Crippen molar-refractivity contribution in [1.82, 2.24) is 4.98 Å². The number of nitrogens with one attached hydrogen (secondary N) is 1. The summed E-state index contributed by atoms with van der Waals surface area (Å²) in [6, 6.07) is 14.3. The van der Waals surface area contributed by atoms with E-state index in [1.807, 2.05) is 0 Å². The van der Waals surface area contributed by atoms with Gasteiger partial charge in [-0.1, -0.05) is 29.8 Å². The van der Waals surface area contributed by atoms with E-state index in [9.17, 15) is 12.8 Å². The first-order valence-electron chi connectivity index (χ1n) is 11.6. The van der Waals surface area contributed by atoms with Crippen molar-refractivity contribution in [3.63, 3.8) is 0 Å². The lowest BCUT2D eigenvalue weighted by atomic mass is 10.1. The molecule has 0 fully saturated rings. The molecule has 1 heterocycles. The molecule has 11 heteroatoms. The number of hydrogen-bond acceptors (Lipinski definition) is 7. The van der Waals surface area contributed by atoms with Crippen molar-refractivity contribution in [2.24, 2.45) is 0 Å². The first kappa shape index (κ1) is 27.7. The van der Waals surface area contributed by atoms with Gasteiger partial charge < -0.3 is 14.8 Å². The summed E-state index contributed by atoms with van der Waals surface area (Å²) in [5, 5.41) is 5.39. The van der Waals surface area contributed by atoms with Crippen LogP contribution in [0, 0.1) is 12.7 Å². The third kappa shape index (κ3) is 5.72. The van der Waals surface area contributed by atoms with Gasteiger partial charge in [0.05, 0.1) is 42.4 Å². The summed E-state index contributed by atoms with van der Waals surface area (Å²) in [7, 11) is -1.04. The van der Waals surface area contributed by atoms with Gasteiger partial charge in [-0.3, -0.25) is 0 Å². The molecule has 0 aliphatic heterocycles. The van der Waals surface area contributed by atoms with E-state index in [1.165, 1.54) is 34.9 Å². The van der Waals surface area contributed by atoms with Crippen LogP contribution < -0.4 is 19.1 Å². The van der Waals surface area contributed by atoms with Gasteiger partial charge in [0.15, 0.2) is 5.13 Å². The van der Waals surface area contributed by atoms with Crippen molar-refractivity contribution >= 4 is 43.8 Å². The average molecular weight is 576 g/mol. The Morgan fingerprint density at radius 3 is 2.55 bits per heavy atom. The quantitative estimate of drug-likeness (QED) is 0.223. The number of nitrogens with zero attached hydrogens (tertiary/aromatic N) is 2.